The number of methoxy groups -OCH3 is 1. The molecule has 116 valence electrons. The van der Waals surface area contributed by atoms with E-state index in [-0.39, 0.29) is 35.5 Å². The molecule has 0 spiro atoms. The number of benzene rings is 1. The number of ether oxygens (including phenoxy) is 1. The average molecular weight is 315 g/mol. The third kappa shape index (κ3) is 4.42. The fourth-order valence-corrected chi connectivity index (χ4v) is 4.22. The molecule has 1 aromatic rings. The summed E-state index contributed by atoms with van der Waals surface area (Å²) in [6.45, 7) is 0.344. The van der Waals surface area contributed by atoms with E-state index in [1.54, 1.807) is 6.07 Å². The van der Waals surface area contributed by atoms with Crippen LogP contribution in [0.1, 0.15) is 12.0 Å². The first-order valence-corrected chi connectivity index (χ1v) is 8.51. The number of hydrogen-bond acceptors (Lipinski definition) is 4. The van der Waals surface area contributed by atoms with E-state index < -0.39 is 15.7 Å². The molecule has 0 aromatic heterocycles. The molecule has 1 aromatic carbocycles. The first-order chi connectivity index (χ1) is 9.89. The van der Waals surface area contributed by atoms with Crippen LogP contribution in [0.2, 0.25) is 0 Å². The van der Waals surface area contributed by atoms with E-state index in [1.165, 1.54) is 19.2 Å². The number of hydrogen-bond donors (Lipinski definition) is 1. The van der Waals surface area contributed by atoms with Gasteiger partial charge in [-0.2, -0.15) is 0 Å². The van der Waals surface area contributed by atoms with Crippen LogP contribution in [0.5, 0.6) is 5.75 Å². The Hall–Kier alpha value is -1.63. The van der Waals surface area contributed by atoms with Crippen LogP contribution in [0.4, 0.5) is 4.39 Å². The van der Waals surface area contributed by atoms with Gasteiger partial charge in [0.2, 0.25) is 5.91 Å². The second kappa shape index (κ2) is 6.43. The van der Waals surface area contributed by atoms with Crippen molar-refractivity contribution in [1.82, 2.24) is 5.32 Å². The monoisotopic (exact) mass is 315 g/mol. The number of rotatable bonds is 5. The van der Waals surface area contributed by atoms with Gasteiger partial charge in [-0.1, -0.05) is 6.07 Å². The minimum Gasteiger partial charge on any atom is -0.494 e. The molecule has 1 aliphatic rings. The van der Waals surface area contributed by atoms with E-state index in [0.29, 0.717) is 18.5 Å². The summed E-state index contributed by atoms with van der Waals surface area (Å²) in [6, 6.07) is 4.36. The maximum absolute atomic E-state index is 13.5. The predicted molar refractivity (Wildman–Crippen MR) is 76.4 cm³/mol. The molecule has 2 rings (SSSR count). The van der Waals surface area contributed by atoms with Crippen molar-refractivity contribution in [3.05, 3.63) is 29.6 Å². The van der Waals surface area contributed by atoms with Crippen LogP contribution in [-0.2, 0) is 21.1 Å². The number of carbonyl (C=O) groups excluding carboxylic acids is 1. The molecule has 5 nitrogen and oxygen atoms in total. The summed E-state index contributed by atoms with van der Waals surface area (Å²) in [5.41, 5.74) is 0.546. The normalized spacial score (nSPS) is 20.2. The van der Waals surface area contributed by atoms with Gasteiger partial charge in [0.15, 0.2) is 21.4 Å². The number of amides is 1. The molecule has 1 atom stereocenters. The zero-order valence-electron chi connectivity index (χ0n) is 11.8. The topological polar surface area (TPSA) is 72.5 Å². The van der Waals surface area contributed by atoms with E-state index in [1.807, 2.05) is 0 Å². The Morgan fingerprint density at radius 3 is 2.81 bits per heavy atom. The van der Waals surface area contributed by atoms with Crippen molar-refractivity contribution >= 4 is 15.7 Å². The SMILES string of the molecule is COc1ccc(CC(=O)NC[C@@H]2CCS(=O)(=O)C2)cc1F. The molecule has 1 heterocycles. The molecule has 0 bridgehead atoms. The minimum absolute atomic E-state index is 0.0217. The molecule has 0 unspecified atom stereocenters. The molecule has 1 amide bonds. The summed E-state index contributed by atoms with van der Waals surface area (Å²) in [5.74, 6) is -0.322. The third-order valence-corrected chi connectivity index (χ3v) is 5.33. The average Bonchev–Trinajstić information content (AvgIpc) is 2.76. The molecule has 21 heavy (non-hydrogen) atoms. The predicted octanol–water partition coefficient (Wildman–Crippen LogP) is 0.928. The van der Waals surface area contributed by atoms with Gasteiger partial charge in [-0.15, -0.1) is 0 Å². The van der Waals surface area contributed by atoms with Crippen molar-refractivity contribution in [2.24, 2.45) is 5.92 Å². The molecule has 0 aliphatic carbocycles. The number of sulfone groups is 1. The Kier molecular flexibility index (Phi) is 4.82. The lowest BCUT2D eigenvalue weighted by Crippen LogP contribution is -2.31. The van der Waals surface area contributed by atoms with Crippen molar-refractivity contribution in [2.45, 2.75) is 12.8 Å². The fourth-order valence-electron chi connectivity index (χ4n) is 2.36. The van der Waals surface area contributed by atoms with Crippen LogP contribution in [0.25, 0.3) is 0 Å². The van der Waals surface area contributed by atoms with E-state index in [4.69, 9.17) is 4.74 Å². The smallest absolute Gasteiger partial charge is 0.224 e. The Morgan fingerprint density at radius 1 is 1.48 bits per heavy atom. The van der Waals surface area contributed by atoms with Gasteiger partial charge in [-0.3, -0.25) is 4.79 Å². The molecule has 1 aliphatic heterocycles. The summed E-state index contributed by atoms with van der Waals surface area (Å²) >= 11 is 0. The quantitative estimate of drug-likeness (QED) is 0.877. The van der Waals surface area contributed by atoms with Crippen molar-refractivity contribution in [3.63, 3.8) is 0 Å². The van der Waals surface area contributed by atoms with Crippen molar-refractivity contribution in [2.75, 3.05) is 25.2 Å². The van der Waals surface area contributed by atoms with Gasteiger partial charge in [0.25, 0.3) is 0 Å². The van der Waals surface area contributed by atoms with Gasteiger partial charge < -0.3 is 10.1 Å². The molecular weight excluding hydrogens is 297 g/mol. The molecular formula is C14H18FNO4S. The largest absolute Gasteiger partial charge is 0.494 e. The van der Waals surface area contributed by atoms with Gasteiger partial charge >= 0.3 is 0 Å². The molecule has 1 N–H and O–H groups in total. The Balaban J connectivity index is 1.83. The van der Waals surface area contributed by atoms with E-state index >= 15 is 0 Å². The molecule has 1 fully saturated rings. The molecule has 1 saturated heterocycles. The van der Waals surface area contributed by atoms with Gasteiger partial charge in [-0.05, 0) is 30.0 Å². The van der Waals surface area contributed by atoms with Crippen LogP contribution < -0.4 is 10.1 Å². The van der Waals surface area contributed by atoms with Crippen molar-refractivity contribution in [3.8, 4) is 5.75 Å². The highest BCUT2D eigenvalue weighted by Gasteiger charge is 2.27. The number of nitrogens with one attached hydrogen (secondary N) is 1. The summed E-state index contributed by atoms with van der Waals surface area (Å²) in [5, 5.41) is 2.70. The van der Waals surface area contributed by atoms with E-state index in [9.17, 15) is 17.6 Å². The highest BCUT2D eigenvalue weighted by atomic mass is 32.2. The van der Waals surface area contributed by atoms with Crippen LogP contribution in [0.15, 0.2) is 18.2 Å². The van der Waals surface area contributed by atoms with Gasteiger partial charge in [0.1, 0.15) is 0 Å². The highest BCUT2D eigenvalue weighted by Crippen LogP contribution is 2.19. The summed E-state index contributed by atoms with van der Waals surface area (Å²) < 4.78 is 40.9. The molecule has 0 radical (unpaired) electrons. The molecule has 0 saturated carbocycles. The second-order valence-electron chi connectivity index (χ2n) is 5.22. The van der Waals surface area contributed by atoms with Crippen LogP contribution in [-0.4, -0.2) is 39.5 Å². The number of carbonyl (C=O) groups is 1. The first-order valence-electron chi connectivity index (χ1n) is 6.69. The van der Waals surface area contributed by atoms with Crippen molar-refractivity contribution in [1.29, 1.82) is 0 Å². The number of halogens is 1. The van der Waals surface area contributed by atoms with E-state index in [0.717, 1.165) is 0 Å². The maximum atomic E-state index is 13.5. The van der Waals surface area contributed by atoms with E-state index in [2.05, 4.69) is 5.32 Å². The minimum atomic E-state index is -2.93. The van der Waals surface area contributed by atoms with Crippen molar-refractivity contribution < 1.29 is 22.3 Å². The van der Waals surface area contributed by atoms with Gasteiger partial charge in [0, 0.05) is 6.54 Å². The van der Waals surface area contributed by atoms with Gasteiger partial charge in [0.05, 0.1) is 25.0 Å². The second-order valence-corrected chi connectivity index (χ2v) is 7.45. The summed E-state index contributed by atoms with van der Waals surface area (Å²) in [7, 11) is -1.55. The Labute approximate surface area is 123 Å². The third-order valence-electron chi connectivity index (χ3n) is 3.50. The Bertz CT molecular complexity index is 630. The summed E-state index contributed by atoms with van der Waals surface area (Å²) in [6.07, 6.45) is 0.639. The highest BCUT2D eigenvalue weighted by molar-refractivity contribution is 7.91. The lowest BCUT2D eigenvalue weighted by Gasteiger charge is -2.10. The Morgan fingerprint density at radius 2 is 2.24 bits per heavy atom. The lowest BCUT2D eigenvalue weighted by molar-refractivity contribution is -0.120. The maximum Gasteiger partial charge on any atom is 0.224 e. The van der Waals surface area contributed by atoms with Crippen LogP contribution in [0.3, 0.4) is 0 Å². The van der Waals surface area contributed by atoms with Crippen LogP contribution in [0, 0.1) is 11.7 Å². The first kappa shape index (κ1) is 15.8. The molecule has 7 heteroatoms. The summed E-state index contributed by atoms with van der Waals surface area (Å²) in [4.78, 5) is 11.8. The van der Waals surface area contributed by atoms with Crippen LogP contribution >= 0.6 is 0 Å². The fraction of sp³-hybridized carbons (Fsp3) is 0.500. The van der Waals surface area contributed by atoms with Gasteiger partial charge in [-0.25, -0.2) is 12.8 Å². The zero-order chi connectivity index (χ0) is 15.5. The standard InChI is InChI=1S/C14H18FNO4S/c1-20-13-3-2-10(6-12(13)15)7-14(17)16-8-11-4-5-21(18,19)9-11/h2-3,6,11H,4-5,7-9H2,1H3,(H,16,17)/t11-/m0/s1. The lowest BCUT2D eigenvalue weighted by atomic mass is 10.1. The zero-order valence-corrected chi connectivity index (χ0v) is 12.6.